The van der Waals surface area contributed by atoms with Crippen LogP contribution in [0.25, 0.3) is 0 Å². The third-order valence-electron chi connectivity index (χ3n) is 12.8. The van der Waals surface area contributed by atoms with Crippen molar-refractivity contribution in [3.05, 3.63) is 11.6 Å². The van der Waals surface area contributed by atoms with Gasteiger partial charge in [-0.1, -0.05) is 59.7 Å². The minimum absolute atomic E-state index is 0.0660. The molecule has 5 aliphatic rings. The molecule has 0 spiro atoms. The molecule has 0 bridgehead atoms. The Hall–Kier alpha value is -0.830. The van der Waals surface area contributed by atoms with Gasteiger partial charge >= 0.3 is 0 Å². The normalized spacial score (nSPS) is 52.0. The maximum absolute atomic E-state index is 10.3. The van der Waals surface area contributed by atoms with Crippen molar-refractivity contribution in [1.29, 1.82) is 0 Å². The number of nitrogens with zero attached hydrogens (tertiary/aromatic N) is 1. The summed E-state index contributed by atoms with van der Waals surface area (Å²) in [6, 6.07) is 0. The molecule has 0 aliphatic heterocycles. The summed E-state index contributed by atoms with van der Waals surface area (Å²) in [4.78, 5) is 0. The first kappa shape index (κ1) is 23.9. The molecular weight excluding hydrogens is 406 g/mol. The third kappa shape index (κ3) is 3.34. The van der Waals surface area contributed by atoms with E-state index in [0.29, 0.717) is 22.7 Å². The van der Waals surface area contributed by atoms with Crippen molar-refractivity contribution in [1.82, 2.24) is 0 Å². The zero-order valence-electron chi connectivity index (χ0n) is 22.3. The molecule has 0 heterocycles. The predicted molar refractivity (Wildman–Crippen MR) is 135 cm³/mol. The fourth-order valence-electron chi connectivity index (χ4n) is 10.3. The van der Waals surface area contributed by atoms with Crippen LogP contribution in [-0.2, 0) is 0 Å². The van der Waals surface area contributed by atoms with E-state index in [2.05, 4.69) is 53.6 Å². The van der Waals surface area contributed by atoms with Crippen molar-refractivity contribution >= 4 is 5.71 Å². The largest absolute Gasteiger partial charge is 0.411 e. The Balaban J connectivity index is 1.40. The average Bonchev–Trinajstić information content (AvgIpc) is 3.34. The highest BCUT2D eigenvalue weighted by molar-refractivity contribution is 6.02. The lowest BCUT2D eigenvalue weighted by atomic mass is 9.46. The van der Waals surface area contributed by atoms with E-state index in [9.17, 15) is 10.3 Å². The van der Waals surface area contributed by atoms with Gasteiger partial charge in [0.2, 0.25) is 0 Å². The van der Waals surface area contributed by atoms with Gasteiger partial charge in [0.05, 0.1) is 11.8 Å². The summed E-state index contributed by atoms with van der Waals surface area (Å²) in [6.45, 7) is 17.5. The second-order valence-electron chi connectivity index (χ2n) is 14.2. The number of fused-ring (bicyclic) bond motifs is 5. The molecule has 0 unspecified atom stereocenters. The average molecular weight is 456 g/mol. The molecule has 5 aliphatic carbocycles. The molecular formula is C30H49NO2. The SMILES string of the molecule is CC(C)[C@H](C)[C@]1(C)C[C@@H]1[C@@H](C)[C@H]1CC[C@H]2[C@@H]3C/C(=N\O)C4=C[C@@H](O)CC[C@]4(C)[C@H]3CC[C@]12C. The van der Waals surface area contributed by atoms with Gasteiger partial charge in [0.15, 0.2) is 0 Å². The highest BCUT2D eigenvalue weighted by Gasteiger charge is 2.64. The smallest absolute Gasteiger partial charge is 0.0833 e. The molecule has 0 radical (unpaired) electrons. The minimum atomic E-state index is -0.381. The van der Waals surface area contributed by atoms with E-state index in [0.717, 1.165) is 66.1 Å². The van der Waals surface area contributed by atoms with Gasteiger partial charge < -0.3 is 10.3 Å². The van der Waals surface area contributed by atoms with Gasteiger partial charge in [-0.15, -0.1) is 0 Å². The number of aliphatic hydroxyl groups excluding tert-OH is 1. The van der Waals surface area contributed by atoms with Gasteiger partial charge in [-0.25, -0.2) is 0 Å². The van der Waals surface area contributed by atoms with Crippen LogP contribution in [0.5, 0.6) is 0 Å². The number of rotatable bonds is 4. The third-order valence-corrected chi connectivity index (χ3v) is 12.8. The topological polar surface area (TPSA) is 52.8 Å². The van der Waals surface area contributed by atoms with E-state index in [1.165, 1.54) is 32.1 Å². The van der Waals surface area contributed by atoms with Crippen LogP contribution < -0.4 is 0 Å². The molecule has 0 aromatic carbocycles. The molecule has 3 heteroatoms. The summed E-state index contributed by atoms with van der Waals surface area (Å²) in [5.74, 6) is 6.16. The van der Waals surface area contributed by atoms with Crippen LogP contribution in [0.2, 0.25) is 0 Å². The predicted octanol–water partition coefficient (Wildman–Crippen LogP) is 7.32. The summed E-state index contributed by atoms with van der Waals surface area (Å²) >= 11 is 0. The van der Waals surface area contributed by atoms with Gasteiger partial charge in [-0.2, -0.15) is 0 Å². The maximum atomic E-state index is 10.3. The second kappa shape index (κ2) is 7.84. The Bertz CT molecular complexity index is 846. The fraction of sp³-hybridized carbons (Fsp3) is 0.900. The van der Waals surface area contributed by atoms with E-state index in [4.69, 9.17) is 0 Å². The molecule has 33 heavy (non-hydrogen) atoms. The molecule has 11 atom stereocenters. The van der Waals surface area contributed by atoms with Crippen molar-refractivity contribution in [2.75, 3.05) is 0 Å². The van der Waals surface area contributed by atoms with Crippen LogP contribution in [0.15, 0.2) is 16.8 Å². The Morgan fingerprint density at radius 1 is 0.939 bits per heavy atom. The number of allylic oxidation sites excluding steroid dienone is 1. The molecule has 186 valence electrons. The molecule has 0 amide bonds. The fourth-order valence-corrected chi connectivity index (χ4v) is 10.3. The van der Waals surface area contributed by atoms with Crippen molar-refractivity contribution in [3.63, 3.8) is 0 Å². The van der Waals surface area contributed by atoms with E-state index < -0.39 is 0 Å². The van der Waals surface area contributed by atoms with E-state index in [1.54, 1.807) is 0 Å². The summed E-state index contributed by atoms with van der Waals surface area (Å²) in [6.07, 6.45) is 11.2. The van der Waals surface area contributed by atoms with Crippen LogP contribution in [-0.4, -0.2) is 22.1 Å². The summed E-state index contributed by atoms with van der Waals surface area (Å²) in [5, 5.41) is 24.1. The summed E-state index contributed by atoms with van der Waals surface area (Å²) < 4.78 is 0. The van der Waals surface area contributed by atoms with Crippen molar-refractivity contribution in [3.8, 4) is 0 Å². The maximum Gasteiger partial charge on any atom is 0.0833 e. The monoisotopic (exact) mass is 455 g/mol. The highest BCUT2D eigenvalue weighted by Crippen LogP contribution is 2.71. The van der Waals surface area contributed by atoms with Gasteiger partial charge in [0.25, 0.3) is 0 Å². The molecule has 5 rings (SSSR count). The lowest BCUT2D eigenvalue weighted by Gasteiger charge is -2.58. The summed E-state index contributed by atoms with van der Waals surface area (Å²) in [5.41, 5.74) is 3.07. The minimum Gasteiger partial charge on any atom is -0.411 e. The van der Waals surface area contributed by atoms with Gasteiger partial charge in [-0.3, -0.25) is 0 Å². The Morgan fingerprint density at radius 2 is 1.67 bits per heavy atom. The van der Waals surface area contributed by atoms with Gasteiger partial charge in [0, 0.05) is 0 Å². The zero-order chi connectivity index (χ0) is 23.9. The number of aliphatic hydroxyl groups is 1. The first-order chi connectivity index (χ1) is 15.5. The molecule has 0 saturated heterocycles. The van der Waals surface area contributed by atoms with Crippen LogP contribution in [0.3, 0.4) is 0 Å². The van der Waals surface area contributed by atoms with Gasteiger partial charge in [-0.05, 0) is 121 Å². The number of hydrogen-bond acceptors (Lipinski definition) is 3. The first-order valence-electron chi connectivity index (χ1n) is 14.1. The van der Waals surface area contributed by atoms with E-state index in [-0.39, 0.29) is 11.5 Å². The van der Waals surface area contributed by atoms with Crippen LogP contribution in [0.4, 0.5) is 0 Å². The Morgan fingerprint density at radius 3 is 2.33 bits per heavy atom. The Kier molecular flexibility index (Phi) is 5.67. The summed E-state index contributed by atoms with van der Waals surface area (Å²) in [7, 11) is 0. The number of hydrogen-bond donors (Lipinski definition) is 2. The second-order valence-corrected chi connectivity index (χ2v) is 14.2. The molecule has 4 fully saturated rings. The zero-order valence-corrected chi connectivity index (χ0v) is 22.3. The standard InChI is InChI=1S/C30H49NO2/c1-17(2)19(4)30(7)16-26(30)18(3)22-8-9-23-21-15-27(31-33)25-14-20(32)10-12-29(25,6)24(21)11-13-28(22,23)5/h14,17-24,26,32-33H,8-13,15-16H2,1-7H3/b31-27+/t18-,19-,20-,21-,22+,23-,24-,26+,28+,29+,30-/m0/s1. The van der Waals surface area contributed by atoms with E-state index in [1.807, 2.05) is 6.08 Å². The Labute approximate surface area is 202 Å². The van der Waals surface area contributed by atoms with Crippen LogP contribution in [0.1, 0.15) is 99.8 Å². The lowest BCUT2D eigenvalue weighted by Crippen LogP contribution is -2.53. The molecule has 3 nitrogen and oxygen atoms in total. The van der Waals surface area contributed by atoms with Crippen molar-refractivity contribution in [2.24, 2.45) is 68.7 Å². The number of oxime groups is 1. The van der Waals surface area contributed by atoms with Crippen LogP contribution in [0, 0.1) is 63.6 Å². The van der Waals surface area contributed by atoms with E-state index >= 15 is 0 Å². The van der Waals surface area contributed by atoms with Crippen molar-refractivity contribution in [2.45, 2.75) is 106 Å². The molecule has 0 aromatic rings. The van der Waals surface area contributed by atoms with Crippen LogP contribution >= 0.6 is 0 Å². The van der Waals surface area contributed by atoms with Gasteiger partial charge in [0.1, 0.15) is 0 Å². The molecule has 4 saturated carbocycles. The molecule has 0 aromatic heterocycles. The van der Waals surface area contributed by atoms with Crippen molar-refractivity contribution < 1.29 is 10.3 Å². The molecule has 2 N–H and O–H groups in total. The quantitative estimate of drug-likeness (QED) is 0.344. The lowest BCUT2D eigenvalue weighted by molar-refractivity contribution is -0.0498. The first-order valence-corrected chi connectivity index (χ1v) is 14.1. The highest BCUT2D eigenvalue weighted by atomic mass is 16.4.